The number of halogens is 1. The lowest BCUT2D eigenvalue weighted by molar-refractivity contribution is 0.401. The van der Waals surface area contributed by atoms with Gasteiger partial charge in [-0.25, -0.2) is 0 Å². The minimum atomic E-state index is -0.271. The zero-order chi connectivity index (χ0) is 14.9. The summed E-state index contributed by atoms with van der Waals surface area (Å²) in [7, 11) is 1.64. The Hall–Kier alpha value is -1.33. The maximum Gasteiger partial charge on any atom is 0.161 e. The average molecular weight is 338 g/mol. The van der Waals surface area contributed by atoms with Crippen LogP contribution in [0.25, 0.3) is 0 Å². The second-order valence-corrected chi connectivity index (χ2v) is 6.03. The fourth-order valence-corrected chi connectivity index (χ4v) is 2.69. The number of benzene rings is 1. The number of hydrogen-bond donors (Lipinski definition) is 1. The summed E-state index contributed by atoms with van der Waals surface area (Å²) < 4.78 is 8.35. The van der Waals surface area contributed by atoms with E-state index in [4.69, 9.17) is 10.5 Å². The van der Waals surface area contributed by atoms with E-state index in [9.17, 15) is 0 Å². The molecule has 2 N–H and O–H groups in total. The molecule has 5 heteroatoms. The molecule has 0 amide bonds. The predicted octanol–water partition coefficient (Wildman–Crippen LogP) is 3.59. The molecule has 0 aliphatic carbocycles. The van der Waals surface area contributed by atoms with Crippen LogP contribution in [0.2, 0.25) is 0 Å². The Morgan fingerprint density at radius 3 is 2.65 bits per heavy atom. The number of aromatic nitrogens is 2. The van der Waals surface area contributed by atoms with Gasteiger partial charge in [0.25, 0.3) is 0 Å². The van der Waals surface area contributed by atoms with Crippen LogP contribution in [0.1, 0.15) is 42.8 Å². The number of ether oxygens (including phenoxy) is 1. The van der Waals surface area contributed by atoms with Crippen LogP contribution in [0.4, 0.5) is 0 Å². The van der Waals surface area contributed by atoms with Crippen LogP contribution in [0.3, 0.4) is 0 Å². The summed E-state index contributed by atoms with van der Waals surface area (Å²) in [5.74, 6) is 0.727. The van der Waals surface area contributed by atoms with Crippen LogP contribution in [-0.4, -0.2) is 16.9 Å². The monoisotopic (exact) mass is 337 g/mol. The molecule has 1 unspecified atom stereocenters. The van der Waals surface area contributed by atoms with Crippen LogP contribution < -0.4 is 10.5 Å². The molecule has 0 fully saturated rings. The van der Waals surface area contributed by atoms with Crippen LogP contribution in [0.15, 0.2) is 28.9 Å². The highest BCUT2D eigenvalue weighted by atomic mass is 79.9. The Labute approximate surface area is 128 Å². The summed E-state index contributed by atoms with van der Waals surface area (Å²) in [6, 6.07) is 6.08. The van der Waals surface area contributed by atoms with Crippen molar-refractivity contribution >= 4 is 15.9 Å². The van der Waals surface area contributed by atoms with E-state index in [1.54, 1.807) is 13.3 Å². The van der Waals surface area contributed by atoms with Crippen molar-refractivity contribution in [2.24, 2.45) is 5.73 Å². The van der Waals surface area contributed by atoms with Crippen LogP contribution in [0, 0.1) is 6.92 Å². The predicted molar refractivity (Wildman–Crippen MR) is 84.1 cm³/mol. The molecule has 0 aliphatic heterocycles. The summed E-state index contributed by atoms with van der Waals surface area (Å²) in [4.78, 5) is 0. The van der Waals surface area contributed by atoms with E-state index in [-0.39, 0.29) is 12.1 Å². The van der Waals surface area contributed by atoms with Crippen molar-refractivity contribution in [3.05, 3.63) is 45.7 Å². The van der Waals surface area contributed by atoms with Gasteiger partial charge in [0.2, 0.25) is 0 Å². The van der Waals surface area contributed by atoms with Crippen molar-refractivity contribution in [2.45, 2.75) is 32.9 Å². The number of nitrogens with zero attached hydrogens (tertiary/aromatic N) is 2. The maximum atomic E-state index is 6.48. The molecule has 1 aromatic heterocycles. The van der Waals surface area contributed by atoms with E-state index >= 15 is 0 Å². The molecule has 4 nitrogen and oxygen atoms in total. The quantitative estimate of drug-likeness (QED) is 0.927. The van der Waals surface area contributed by atoms with Gasteiger partial charge in [0.15, 0.2) is 5.75 Å². The highest BCUT2D eigenvalue weighted by Gasteiger charge is 2.23. The standard InChI is InChI=1S/C15H20BrN3O/c1-9(2)19-15(13(20-4)8-18-19)14(17)12-7-11(16)6-5-10(12)3/h5-9,14H,17H2,1-4H3. The first-order valence-electron chi connectivity index (χ1n) is 6.58. The average Bonchev–Trinajstić information content (AvgIpc) is 2.84. The van der Waals surface area contributed by atoms with Gasteiger partial charge in [-0.1, -0.05) is 22.0 Å². The van der Waals surface area contributed by atoms with Crippen LogP contribution in [-0.2, 0) is 0 Å². The van der Waals surface area contributed by atoms with Crippen LogP contribution in [0.5, 0.6) is 5.75 Å². The van der Waals surface area contributed by atoms with Gasteiger partial charge in [0, 0.05) is 10.5 Å². The van der Waals surface area contributed by atoms with Gasteiger partial charge in [-0.15, -0.1) is 0 Å². The molecule has 0 saturated carbocycles. The maximum absolute atomic E-state index is 6.48. The second kappa shape index (κ2) is 5.97. The molecule has 1 atom stereocenters. The third-order valence-electron chi connectivity index (χ3n) is 3.38. The normalized spacial score (nSPS) is 12.8. The SMILES string of the molecule is COc1cnn(C(C)C)c1C(N)c1cc(Br)ccc1C. The number of methoxy groups -OCH3 is 1. The first-order chi connectivity index (χ1) is 9.45. The minimum absolute atomic E-state index is 0.229. The summed E-state index contributed by atoms with van der Waals surface area (Å²) >= 11 is 3.50. The summed E-state index contributed by atoms with van der Waals surface area (Å²) in [6.07, 6.45) is 1.72. The van der Waals surface area contributed by atoms with Gasteiger partial charge in [0.05, 0.1) is 19.3 Å². The third kappa shape index (κ3) is 2.74. The van der Waals surface area contributed by atoms with Gasteiger partial charge in [-0.3, -0.25) is 4.68 Å². The van der Waals surface area contributed by atoms with Gasteiger partial charge in [-0.05, 0) is 44.0 Å². The van der Waals surface area contributed by atoms with E-state index in [1.807, 2.05) is 10.7 Å². The lowest BCUT2D eigenvalue weighted by Gasteiger charge is -2.20. The van der Waals surface area contributed by atoms with E-state index in [1.165, 1.54) is 0 Å². The first-order valence-corrected chi connectivity index (χ1v) is 7.38. The van der Waals surface area contributed by atoms with Gasteiger partial charge < -0.3 is 10.5 Å². The van der Waals surface area contributed by atoms with Crippen molar-refractivity contribution in [2.75, 3.05) is 7.11 Å². The second-order valence-electron chi connectivity index (χ2n) is 5.12. The lowest BCUT2D eigenvalue weighted by atomic mass is 9.99. The zero-order valence-electron chi connectivity index (χ0n) is 12.2. The number of hydrogen-bond acceptors (Lipinski definition) is 3. The summed E-state index contributed by atoms with van der Waals surface area (Å²) in [6.45, 7) is 6.22. The molecule has 1 heterocycles. The molecular formula is C15H20BrN3O. The molecule has 2 aromatic rings. The van der Waals surface area contributed by atoms with Crippen molar-refractivity contribution in [1.29, 1.82) is 0 Å². The molecule has 1 aromatic carbocycles. The van der Waals surface area contributed by atoms with Gasteiger partial charge in [-0.2, -0.15) is 5.10 Å². The van der Waals surface area contributed by atoms with Gasteiger partial charge in [0.1, 0.15) is 5.69 Å². The Morgan fingerprint density at radius 2 is 2.05 bits per heavy atom. The van der Waals surface area contributed by atoms with E-state index < -0.39 is 0 Å². The Balaban J connectivity index is 2.55. The fourth-order valence-electron chi connectivity index (χ4n) is 2.31. The smallest absolute Gasteiger partial charge is 0.161 e. The van der Waals surface area contributed by atoms with E-state index in [2.05, 4.69) is 53.9 Å². The topological polar surface area (TPSA) is 53.1 Å². The van der Waals surface area contributed by atoms with E-state index in [0.717, 1.165) is 27.0 Å². The van der Waals surface area contributed by atoms with Gasteiger partial charge >= 0.3 is 0 Å². The first kappa shape index (κ1) is 15.1. The fraction of sp³-hybridized carbons (Fsp3) is 0.400. The van der Waals surface area contributed by atoms with Crippen molar-refractivity contribution in [1.82, 2.24) is 9.78 Å². The largest absolute Gasteiger partial charge is 0.493 e. The summed E-state index contributed by atoms with van der Waals surface area (Å²) in [5, 5.41) is 4.39. The van der Waals surface area contributed by atoms with E-state index in [0.29, 0.717) is 0 Å². The third-order valence-corrected chi connectivity index (χ3v) is 3.87. The molecule has 20 heavy (non-hydrogen) atoms. The molecule has 0 spiro atoms. The highest BCUT2D eigenvalue weighted by molar-refractivity contribution is 9.10. The molecule has 0 radical (unpaired) electrons. The minimum Gasteiger partial charge on any atom is -0.493 e. The molecule has 0 bridgehead atoms. The Morgan fingerprint density at radius 1 is 1.35 bits per heavy atom. The van der Waals surface area contributed by atoms with Crippen molar-refractivity contribution in [3.63, 3.8) is 0 Å². The number of nitrogens with two attached hydrogens (primary N) is 1. The molecule has 0 aliphatic rings. The lowest BCUT2D eigenvalue weighted by Crippen LogP contribution is -2.20. The highest BCUT2D eigenvalue weighted by Crippen LogP contribution is 2.32. The van der Waals surface area contributed by atoms with Crippen molar-refractivity contribution in [3.8, 4) is 5.75 Å². The Bertz CT molecular complexity index is 607. The number of rotatable bonds is 4. The molecule has 108 valence electrons. The van der Waals surface area contributed by atoms with Crippen molar-refractivity contribution < 1.29 is 4.74 Å². The van der Waals surface area contributed by atoms with Crippen LogP contribution >= 0.6 is 15.9 Å². The molecular weight excluding hydrogens is 318 g/mol. The number of aryl methyl sites for hydroxylation is 1. The summed E-state index contributed by atoms with van der Waals surface area (Å²) in [5.41, 5.74) is 9.61. The molecule has 0 saturated heterocycles. The Kier molecular flexibility index (Phi) is 4.50. The zero-order valence-corrected chi connectivity index (χ0v) is 13.8. The molecule has 2 rings (SSSR count).